The number of phosphoric ester groups is 1. The van der Waals surface area contributed by atoms with Crippen molar-refractivity contribution in [3.05, 3.63) is 0 Å². The van der Waals surface area contributed by atoms with E-state index >= 15 is 0 Å². The molecule has 0 radical (unpaired) electrons. The van der Waals surface area contributed by atoms with Gasteiger partial charge >= 0.3 is 13.8 Å². The number of hydrogen-bond donors (Lipinski definition) is 4. The summed E-state index contributed by atoms with van der Waals surface area (Å²) in [5, 5.41) is 7.95. The Morgan fingerprint density at radius 2 is 2.00 bits per heavy atom. The molecule has 0 aliphatic rings. The maximum atomic E-state index is 9.88. The molecule has 5 N–H and O–H groups in total. The molecule has 60 valence electrons. The third-order valence-electron chi connectivity index (χ3n) is 0.494. The van der Waals surface area contributed by atoms with E-state index in [0.717, 1.165) is 0 Å². The highest BCUT2D eigenvalue weighted by Crippen LogP contribution is 2.36. The minimum atomic E-state index is -4.78. The lowest BCUT2D eigenvalue weighted by molar-refractivity contribution is -0.145. The summed E-state index contributed by atoms with van der Waals surface area (Å²) in [5.41, 5.74) is 4.59. The van der Waals surface area contributed by atoms with E-state index in [-0.39, 0.29) is 0 Å². The van der Waals surface area contributed by atoms with Crippen molar-refractivity contribution in [3.8, 4) is 0 Å². The number of carboxylic acid groups (broad SMARTS) is 1. The topological polar surface area (TPSA) is 130 Å². The van der Waals surface area contributed by atoms with Crippen LogP contribution >= 0.6 is 7.82 Å². The fourth-order valence-corrected chi connectivity index (χ4v) is 0.579. The van der Waals surface area contributed by atoms with Gasteiger partial charge in [0.1, 0.15) is 0 Å². The van der Waals surface area contributed by atoms with Crippen LogP contribution < -0.4 is 5.73 Å². The molecule has 0 unspecified atom stereocenters. The molecule has 0 bridgehead atoms. The van der Waals surface area contributed by atoms with Crippen LogP contribution in [-0.4, -0.2) is 27.1 Å². The molecule has 0 aliphatic carbocycles. The Hall–Kier alpha value is -0.460. The second-order valence-corrected chi connectivity index (χ2v) is 2.55. The average Bonchev–Trinajstić information content (AvgIpc) is 1.60. The first-order valence-corrected chi connectivity index (χ1v) is 3.58. The molecule has 0 rings (SSSR count). The number of carbonyl (C=O) groups is 1. The first kappa shape index (κ1) is 9.54. The van der Waals surface area contributed by atoms with Gasteiger partial charge in [0.2, 0.25) is 6.23 Å². The van der Waals surface area contributed by atoms with Gasteiger partial charge in [-0.1, -0.05) is 0 Å². The van der Waals surface area contributed by atoms with Crippen molar-refractivity contribution in [2.45, 2.75) is 6.23 Å². The van der Waals surface area contributed by atoms with Gasteiger partial charge in [-0.3, -0.25) is 10.3 Å². The molecule has 8 heteroatoms. The Kier molecular flexibility index (Phi) is 2.95. The molecule has 7 nitrogen and oxygen atoms in total. The fourth-order valence-electron chi connectivity index (χ4n) is 0.193. The second kappa shape index (κ2) is 3.09. The third kappa shape index (κ3) is 4.42. The van der Waals surface area contributed by atoms with Crippen LogP contribution in [0.15, 0.2) is 0 Å². The smallest absolute Gasteiger partial charge is 0.471 e. The van der Waals surface area contributed by atoms with Crippen LogP contribution in [0.4, 0.5) is 0 Å². The van der Waals surface area contributed by atoms with Crippen molar-refractivity contribution in [1.82, 2.24) is 0 Å². The van der Waals surface area contributed by atoms with Gasteiger partial charge in [0.25, 0.3) is 0 Å². The van der Waals surface area contributed by atoms with Crippen LogP contribution in [0.3, 0.4) is 0 Å². The van der Waals surface area contributed by atoms with Crippen LogP contribution in [0.1, 0.15) is 0 Å². The standard InChI is InChI=1S/C2H6NO6P/c3-1(2(4)5)9-10(6,7)8/h1H,3H2,(H,4,5)(H2,6,7,8)/t1-/m0/s1. The summed E-state index contributed by atoms with van der Waals surface area (Å²) in [5.74, 6) is -1.64. The quantitative estimate of drug-likeness (QED) is 0.299. The maximum absolute atomic E-state index is 9.88. The van der Waals surface area contributed by atoms with E-state index < -0.39 is 20.0 Å². The van der Waals surface area contributed by atoms with E-state index in [2.05, 4.69) is 10.3 Å². The largest absolute Gasteiger partial charge is 0.478 e. The van der Waals surface area contributed by atoms with E-state index in [1.54, 1.807) is 0 Å². The summed E-state index contributed by atoms with van der Waals surface area (Å²) in [6, 6.07) is 0. The third-order valence-corrected chi connectivity index (χ3v) is 0.996. The molecule has 0 aromatic carbocycles. The maximum Gasteiger partial charge on any atom is 0.471 e. The highest BCUT2D eigenvalue weighted by atomic mass is 31.2. The van der Waals surface area contributed by atoms with E-state index in [9.17, 15) is 9.36 Å². The molecular weight excluding hydrogens is 165 g/mol. The van der Waals surface area contributed by atoms with Crippen LogP contribution in [0, 0.1) is 0 Å². The van der Waals surface area contributed by atoms with Crippen LogP contribution in [-0.2, 0) is 13.9 Å². The number of carboxylic acids is 1. The van der Waals surface area contributed by atoms with E-state index in [1.807, 2.05) is 0 Å². The first-order valence-electron chi connectivity index (χ1n) is 2.05. The molecule has 0 amide bonds. The predicted octanol–water partition coefficient (Wildman–Crippen LogP) is -1.53. The molecule has 0 aromatic heterocycles. The summed E-state index contributed by atoms with van der Waals surface area (Å²) in [6.45, 7) is 0. The summed E-state index contributed by atoms with van der Waals surface area (Å²) >= 11 is 0. The zero-order valence-electron chi connectivity index (χ0n) is 4.67. The summed E-state index contributed by atoms with van der Waals surface area (Å²) < 4.78 is 13.4. The fraction of sp³-hybridized carbons (Fsp3) is 0.500. The monoisotopic (exact) mass is 171 g/mol. The molecule has 0 heterocycles. The lowest BCUT2D eigenvalue weighted by atomic mass is 10.6. The van der Waals surface area contributed by atoms with Crippen molar-refractivity contribution in [2.24, 2.45) is 5.73 Å². The molecule has 0 aromatic rings. The second-order valence-electron chi connectivity index (χ2n) is 1.35. The number of phosphoric acid groups is 1. The Labute approximate surface area is 55.7 Å². The van der Waals surface area contributed by atoms with Gasteiger partial charge in [-0.15, -0.1) is 0 Å². The van der Waals surface area contributed by atoms with Crippen molar-refractivity contribution >= 4 is 13.8 Å². The van der Waals surface area contributed by atoms with Gasteiger partial charge in [-0.2, -0.15) is 0 Å². The van der Waals surface area contributed by atoms with Crippen molar-refractivity contribution < 1.29 is 28.8 Å². The van der Waals surface area contributed by atoms with Crippen LogP contribution in [0.5, 0.6) is 0 Å². The van der Waals surface area contributed by atoms with Crippen LogP contribution in [0.25, 0.3) is 0 Å². The Balaban J connectivity index is 3.93. The highest BCUT2D eigenvalue weighted by Gasteiger charge is 2.23. The molecular formula is C2H6NO6P. The van der Waals surface area contributed by atoms with E-state index in [1.165, 1.54) is 0 Å². The molecule has 10 heavy (non-hydrogen) atoms. The SMILES string of the molecule is N[C@@H](OP(=O)(O)O)C(=O)O. The Morgan fingerprint density at radius 3 is 2.10 bits per heavy atom. The highest BCUT2D eigenvalue weighted by molar-refractivity contribution is 7.46. The van der Waals surface area contributed by atoms with Gasteiger partial charge in [-0.25, -0.2) is 9.36 Å². The van der Waals surface area contributed by atoms with Crippen LogP contribution in [0.2, 0.25) is 0 Å². The summed E-state index contributed by atoms with van der Waals surface area (Å²) in [4.78, 5) is 25.7. The lowest BCUT2D eigenvalue weighted by Crippen LogP contribution is -2.31. The molecule has 0 saturated carbocycles. The molecule has 0 saturated heterocycles. The summed E-state index contributed by atoms with van der Waals surface area (Å²) in [6.07, 6.45) is -1.99. The van der Waals surface area contributed by atoms with Crippen molar-refractivity contribution in [3.63, 3.8) is 0 Å². The Morgan fingerprint density at radius 1 is 1.60 bits per heavy atom. The number of hydrogen-bond acceptors (Lipinski definition) is 4. The number of nitrogens with two attached hydrogens (primary N) is 1. The minimum Gasteiger partial charge on any atom is -0.478 e. The van der Waals surface area contributed by atoms with E-state index in [4.69, 9.17) is 14.9 Å². The molecule has 1 atom stereocenters. The van der Waals surface area contributed by atoms with Gasteiger partial charge in [-0.05, 0) is 0 Å². The van der Waals surface area contributed by atoms with Crippen molar-refractivity contribution in [1.29, 1.82) is 0 Å². The van der Waals surface area contributed by atoms with E-state index in [0.29, 0.717) is 0 Å². The van der Waals surface area contributed by atoms with Crippen molar-refractivity contribution in [2.75, 3.05) is 0 Å². The first-order chi connectivity index (χ1) is 4.33. The molecule has 0 spiro atoms. The molecule has 0 fully saturated rings. The summed E-state index contributed by atoms with van der Waals surface area (Å²) in [7, 11) is -4.78. The van der Waals surface area contributed by atoms with Gasteiger partial charge in [0, 0.05) is 0 Å². The number of aliphatic carboxylic acids is 1. The average molecular weight is 171 g/mol. The number of rotatable bonds is 3. The minimum absolute atomic E-state index is 1.64. The van der Waals surface area contributed by atoms with Gasteiger partial charge in [0.15, 0.2) is 0 Å². The zero-order chi connectivity index (χ0) is 8.36. The molecule has 0 aliphatic heterocycles. The van der Waals surface area contributed by atoms with Gasteiger partial charge < -0.3 is 14.9 Å². The zero-order valence-corrected chi connectivity index (χ0v) is 5.56. The van der Waals surface area contributed by atoms with Gasteiger partial charge in [0.05, 0.1) is 0 Å². The normalized spacial score (nSPS) is 14.7. The lowest BCUT2D eigenvalue weighted by Gasteiger charge is -2.07. The Bertz CT molecular complexity index is 173. The predicted molar refractivity (Wildman–Crippen MR) is 28.7 cm³/mol.